The van der Waals surface area contributed by atoms with Gasteiger partial charge in [0.25, 0.3) is 5.91 Å². The van der Waals surface area contributed by atoms with Crippen LogP contribution in [0.5, 0.6) is 0 Å². The van der Waals surface area contributed by atoms with Crippen molar-refractivity contribution in [1.82, 2.24) is 24.5 Å². The Morgan fingerprint density at radius 2 is 1.04 bits per heavy atom. The van der Waals surface area contributed by atoms with Crippen molar-refractivity contribution in [2.24, 2.45) is 29.4 Å². The molecule has 4 aromatic heterocycles. The summed E-state index contributed by atoms with van der Waals surface area (Å²) in [5.74, 6) is -0.573. The highest BCUT2D eigenvalue weighted by Crippen LogP contribution is 2.33. The van der Waals surface area contributed by atoms with Gasteiger partial charge in [0.1, 0.15) is 5.56 Å². The lowest BCUT2D eigenvalue weighted by Gasteiger charge is -2.26. The number of carbonyl (C=O) groups excluding carboxylic acids is 3. The number of amides is 1. The van der Waals surface area contributed by atoms with E-state index in [1.807, 2.05) is 6.07 Å². The monoisotopic (exact) mass is 964 g/mol. The number of carbonyl (C=O) groups is 4. The Kier molecular flexibility index (Phi) is 17.2. The van der Waals surface area contributed by atoms with E-state index < -0.39 is 29.4 Å². The summed E-state index contributed by atoms with van der Waals surface area (Å²) in [4.78, 5) is 47.0. The Morgan fingerprint density at radius 1 is 0.638 bits per heavy atom. The number of carboxylic acids is 1. The molecule has 0 aliphatic heterocycles. The van der Waals surface area contributed by atoms with Crippen molar-refractivity contribution < 1.29 is 60.1 Å². The standard InChI is InChI=1S/C25H26F3N3O3.C16H11F3N2O2.C9H17NO2/c1-34-24(33)18-8-4-17(5-9-18)14-29-23(32)21-15-30-31-12-2-3-19(22(21)31)13-16-6-10-20(11-7-16)25(26,27)28;17-16(18,19)12-5-3-10(4-6-12)8-11-2-1-7-21-14(11)13(9-20-21)15(22)23;1-12-9(11)8-4-2-7(6-10)3-5-8/h2-3,6-7,10-12,15,17-18H,4-5,8-9,13-14H2,1H3,(H,29,32);1-7,9H,8H2,(H,22,23);7-8H,2-6,10H2,1H3. The number of ether oxygens (including phenoxy) is 2. The second-order valence-corrected chi connectivity index (χ2v) is 17.2. The Balaban J connectivity index is 0.000000191. The van der Waals surface area contributed by atoms with Gasteiger partial charge in [-0.2, -0.15) is 36.5 Å². The fourth-order valence-electron chi connectivity index (χ4n) is 8.80. The number of methoxy groups -OCH3 is 2. The first-order valence-electron chi connectivity index (χ1n) is 22.5. The van der Waals surface area contributed by atoms with Crippen LogP contribution in [-0.2, 0) is 44.3 Å². The third kappa shape index (κ3) is 13.5. The number of pyridine rings is 2. The van der Waals surface area contributed by atoms with Gasteiger partial charge in [-0.05, 0) is 141 Å². The molecule has 0 unspecified atom stereocenters. The molecule has 2 aliphatic carbocycles. The molecule has 0 saturated heterocycles. The molecule has 0 radical (unpaired) electrons. The fourth-order valence-corrected chi connectivity index (χ4v) is 8.80. The number of aromatic carboxylic acids is 1. The number of halogens is 6. The van der Waals surface area contributed by atoms with Gasteiger partial charge in [-0.1, -0.05) is 36.4 Å². The first-order valence-corrected chi connectivity index (χ1v) is 22.5. The number of hydrogen-bond acceptors (Lipinski definition) is 9. The average molecular weight is 965 g/mol. The molecule has 2 saturated carbocycles. The van der Waals surface area contributed by atoms with E-state index in [0.29, 0.717) is 64.5 Å². The third-order valence-corrected chi connectivity index (χ3v) is 12.7. The smallest absolute Gasteiger partial charge is 0.416 e. The molecular weight excluding hydrogens is 911 g/mol. The van der Waals surface area contributed by atoms with Crippen LogP contribution in [0.3, 0.4) is 0 Å². The number of alkyl halides is 6. The minimum absolute atomic E-state index is 0.0505. The normalized spacial score (nSPS) is 18.3. The molecule has 6 aromatic rings. The summed E-state index contributed by atoms with van der Waals surface area (Å²) in [5, 5.41) is 20.4. The van der Waals surface area contributed by atoms with Crippen molar-refractivity contribution in [3.05, 3.63) is 142 Å². The van der Waals surface area contributed by atoms with Crippen LogP contribution in [0.1, 0.15) is 105 Å². The van der Waals surface area contributed by atoms with Crippen LogP contribution in [0.4, 0.5) is 26.3 Å². The zero-order valence-corrected chi connectivity index (χ0v) is 38.1. The van der Waals surface area contributed by atoms with Crippen molar-refractivity contribution in [3.63, 3.8) is 0 Å². The number of rotatable bonds is 11. The number of benzene rings is 2. The molecule has 19 heteroatoms. The molecular formula is C50H54F6N6O7. The summed E-state index contributed by atoms with van der Waals surface area (Å²) >= 11 is 0. The number of nitrogens with one attached hydrogen (secondary N) is 1. The number of fused-ring (bicyclic) bond motifs is 2. The molecule has 4 heterocycles. The Labute approximate surface area is 394 Å². The Morgan fingerprint density at radius 3 is 1.43 bits per heavy atom. The highest BCUT2D eigenvalue weighted by atomic mass is 19.4. The van der Waals surface area contributed by atoms with Crippen LogP contribution in [0.2, 0.25) is 0 Å². The summed E-state index contributed by atoms with van der Waals surface area (Å²) < 4.78 is 88.9. The van der Waals surface area contributed by atoms with E-state index in [-0.39, 0.29) is 35.2 Å². The predicted molar refractivity (Wildman–Crippen MR) is 242 cm³/mol. The first-order chi connectivity index (χ1) is 32.9. The maximum absolute atomic E-state index is 13.0. The summed E-state index contributed by atoms with van der Waals surface area (Å²) in [6.45, 7) is 1.26. The lowest BCUT2D eigenvalue weighted by atomic mass is 9.82. The van der Waals surface area contributed by atoms with E-state index >= 15 is 0 Å². The molecule has 0 atom stereocenters. The van der Waals surface area contributed by atoms with E-state index in [9.17, 15) is 50.6 Å². The zero-order chi connectivity index (χ0) is 49.9. The molecule has 4 N–H and O–H groups in total. The zero-order valence-electron chi connectivity index (χ0n) is 38.1. The highest BCUT2D eigenvalue weighted by Gasteiger charge is 2.32. The number of carboxylic acid groups (broad SMARTS) is 1. The molecule has 1 amide bonds. The van der Waals surface area contributed by atoms with E-state index in [4.69, 9.17) is 10.5 Å². The quantitative estimate of drug-likeness (QED) is 0.0837. The highest BCUT2D eigenvalue weighted by molar-refractivity contribution is 6.01. The van der Waals surface area contributed by atoms with E-state index in [1.54, 1.807) is 35.1 Å². The number of aromatic nitrogens is 4. The van der Waals surface area contributed by atoms with Gasteiger partial charge >= 0.3 is 30.3 Å². The molecule has 8 rings (SSSR count). The summed E-state index contributed by atoms with van der Waals surface area (Å²) in [6, 6.07) is 16.9. The van der Waals surface area contributed by atoms with Gasteiger partial charge in [-0.15, -0.1) is 0 Å². The number of nitrogens with zero attached hydrogens (tertiary/aromatic N) is 4. The van der Waals surface area contributed by atoms with Crippen molar-refractivity contribution in [1.29, 1.82) is 0 Å². The number of esters is 2. The topological polar surface area (TPSA) is 180 Å². The molecule has 2 aromatic carbocycles. The van der Waals surface area contributed by atoms with Crippen LogP contribution in [0, 0.1) is 23.7 Å². The van der Waals surface area contributed by atoms with Gasteiger partial charge in [0.15, 0.2) is 0 Å². The fraction of sp³-hybridized carbons (Fsp3) is 0.400. The molecule has 0 spiro atoms. The minimum Gasteiger partial charge on any atom is -0.478 e. The second kappa shape index (κ2) is 23.0. The molecule has 368 valence electrons. The molecule has 2 aliphatic rings. The van der Waals surface area contributed by atoms with Crippen LogP contribution >= 0.6 is 0 Å². The van der Waals surface area contributed by atoms with Crippen molar-refractivity contribution >= 4 is 34.8 Å². The largest absolute Gasteiger partial charge is 0.478 e. The lowest BCUT2D eigenvalue weighted by molar-refractivity contribution is -0.147. The maximum atomic E-state index is 13.0. The maximum Gasteiger partial charge on any atom is 0.416 e. The van der Waals surface area contributed by atoms with Gasteiger partial charge in [-0.3, -0.25) is 14.4 Å². The Hall–Kier alpha value is -6.76. The minimum atomic E-state index is -4.38. The SMILES string of the molecule is COC(=O)C1CCC(CN)CC1.COC(=O)C1CCC(CNC(=O)c2cnn3cccc(Cc4ccc(C(F)(F)F)cc4)c23)CC1.O=C(O)c1cnn2cccc(Cc3ccc(C(F)(F)F)cc3)c12. The average Bonchev–Trinajstić information content (AvgIpc) is 4.00. The predicted octanol–water partition coefficient (Wildman–Crippen LogP) is 9.22. The van der Waals surface area contributed by atoms with E-state index in [1.165, 1.54) is 55.4 Å². The lowest BCUT2D eigenvalue weighted by Crippen LogP contribution is -2.32. The van der Waals surface area contributed by atoms with E-state index in [0.717, 1.165) is 87.7 Å². The van der Waals surface area contributed by atoms with Crippen molar-refractivity contribution in [2.45, 2.75) is 76.6 Å². The summed E-state index contributed by atoms with van der Waals surface area (Å²) in [5.41, 5.74) is 8.53. The van der Waals surface area contributed by atoms with Crippen molar-refractivity contribution in [2.75, 3.05) is 27.3 Å². The summed E-state index contributed by atoms with van der Waals surface area (Å²) in [7, 11) is 2.86. The number of hydrogen-bond donors (Lipinski definition) is 3. The van der Waals surface area contributed by atoms with Gasteiger partial charge in [0.2, 0.25) is 0 Å². The summed E-state index contributed by atoms with van der Waals surface area (Å²) in [6.07, 6.45) is 5.30. The van der Waals surface area contributed by atoms with Crippen LogP contribution < -0.4 is 11.1 Å². The first kappa shape index (κ1) is 51.6. The van der Waals surface area contributed by atoms with Crippen LogP contribution in [0.25, 0.3) is 11.0 Å². The van der Waals surface area contributed by atoms with E-state index in [2.05, 4.69) is 20.3 Å². The molecule has 2 fully saturated rings. The van der Waals surface area contributed by atoms with Gasteiger partial charge < -0.3 is 25.6 Å². The van der Waals surface area contributed by atoms with Gasteiger partial charge in [0, 0.05) is 18.9 Å². The third-order valence-electron chi connectivity index (χ3n) is 12.7. The van der Waals surface area contributed by atoms with Crippen LogP contribution in [0.15, 0.2) is 97.6 Å². The van der Waals surface area contributed by atoms with Gasteiger partial charge in [-0.25, -0.2) is 13.8 Å². The number of nitrogens with two attached hydrogens (primary N) is 1. The Bertz CT molecular complexity index is 2680. The molecule has 0 bridgehead atoms. The van der Waals surface area contributed by atoms with Crippen LogP contribution in [-0.4, -0.2) is 75.5 Å². The second-order valence-electron chi connectivity index (χ2n) is 17.2. The van der Waals surface area contributed by atoms with Crippen molar-refractivity contribution in [3.8, 4) is 0 Å². The molecule has 13 nitrogen and oxygen atoms in total. The molecule has 69 heavy (non-hydrogen) atoms. The van der Waals surface area contributed by atoms with Gasteiger partial charge in [0.05, 0.1) is 66.2 Å².